The minimum Gasteiger partial charge on any atom is -0.330 e. The molecular weight excluding hydrogens is 259 g/mol. The second kappa shape index (κ2) is 4.70. The summed E-state index contributed by atoms with van der Waals surface area (Å²) in [5.74, 6) is -0.443. The number of nitrogens with one attached hydrogen (secondary N) is 1. The fourth-order valence-corrected chi connectivity index (χ4v) is 2.68. The molecule has 1 aliphatic rings. The van der Waals surface area contributed by atoms with E-state index in [-0.39, 0.29) is 17.8 Å². The topological polar surface area (TPSA) is 61.9 Å². The van der Waals surface area contributed by atoms with Crippen molar-refractivity contribution in [3.63, 3.8) is 0 Å². The summed E-state index contributed by atoms with van der Waals surface area (Å²) in [5, 5.41) is 10.2. The lowest BCUT2D eigenvalue weighted by Crippen LogP contribution is -2.39. The zero-order chi connectivity index (χ0) is 14.3. The molecular formula is C14H15FN4O. The fourth-order valence-electron chi connectivity index (χ4n) is 2.68. The van der Waals surface area contributed by atoms with Crippen molar-refractivity contribution in [2.75, 3.05) is 6.54 Å². The quantitative estimate of drug-likeness (QED) is 0.865. The third kappa shape index (κ3) is 1.97. The molecule has 0 spiro atoms. The van der Waals surface area contributed by atoms with E-state index in [9.17, 15) is 9.18 Å². The van der Waals surface area contributed by atoms with Crippen molar-refractivity contribution in [2.45, 2.75) is 26.3 Å². The number of hydrogen-bond donors (Lipinski definition) is 1. The molecule has 1 amide bonds. The lowest BCUT2D eigenvalue weighted by Gasteiger charge is -2.34. The lowest BCUT2D eigenvalue weighted by atomic mass is 9.93. The van der Waals surface area contributed by atoms with Crippen LogP contribution in [0.25, 0.3) is 0 Å². The number of benzene rings is 1. The molecule has 0 unspecified atom stereocenters. The summed E-state index contributed by atoms with van der Waals surface area (Å²) in [6.07, 6.45) is 0.725. The summed E-state index contributed by atoms with van der Waals surface area (Å²) < 4.78 is 13.4. The van der Waals surface area contributed by atoms with Gasteiger partial charge in [-0.1, -0.05) is 6.07 Å². The largest absolute Gasteiger partial charge is 0.330 e. The highest BCUT2D eigenvalue weighted by atomic mass is 19.1. The lowest BCUT2D eigenvalue weighted by molar-refractivity contribution is 0.0670. The Bertz CT molecular complexity index is 667. The Balaban J connectivity index is 1.94. The van der Waals surface area contributed by atoms with Gasteiger partial charge in [0, 0.05) is 6.54 Å². The predicted octanol–water partition coefficient (Wildman–Crippen LogP) is 2.01. The van der Waals surface area contributed by atoms with Gasteiger partial charge in [-0.25, -0.2) is 4.39 Å². The molecule has 0 saturated heterocycles. The summed E-state index contributed by atoms with van der Waals surface area (Å²) in [6, 6.07) is 4.60. The molecule has 1 aromatic carbocycles. The molecule has 104 valence electrons. The average Bonchev–Trinajstić information content (AvgIpc) is 2.85. The minimum absolute atomic E-state index is 0.168. The molecule has 0 fully saturated rings. The number of aromatic nitrogens is 3. The Labute approximate surface area is 115 Å². The summed E-state index contributed by atoms with van der Waals surface area (Å²) in [5.41, 5.74) is 2.87. The first-order valence-corrected chi connectivity index (χ1v) is 6.54. The summed E-state index contributed by atoms with van der Waals surface area (Å²) in [4.78, 5) is 14.2. The molecule has 1 aromatic heterocycles. The highest BCUT2D eigenvalue weighted by molar-refractivity contribution is 5.93. The number of carbonyl (C=O) groups excluding carboxylic acids is 1. The number of aryl methyl sites for hydroxylation is 1. The van der Waals surface area contributed by atoms with Crippen LogP contribution in [-0.2, 0) is 6.42 Å². The van der Waals surface area contributed by atoms with Crippen molar-refractivity contribution in [3.05, 3.63) is 46.5 Å². The average molecular weight is 274 g/mol. The summed E-state index contributed by atoms with van der Waals surface area (Å²) in [6.45, 7) is 4.24. The first-order chi connectivity index (χ1) is 9.58. The zero-order valence-corrected chi connectivity index (χ0v) is 11.4. The van der Waals surface area contributed by atoms with Crippen molar-refractivity contribution in [1.82, 2.24) is 20.3 Å². The molecule has 0 bridgehead atoms. The molecule has 0 aliphatic carbocycles. The number of hydrogen-bond acceptors (Lipinski definition) is 3. The number of rotatable bonds is 1. The van der Waals surface area contributed by atoms with Gasteiger partial charge in [-0.3, -0.25) is 4.79 Å². The van der Waals surface area contributed by atoms with Crippen molar-refractivity contribution in [1.29, 1.82) is 0 Å². The Morgan fingerprint density at radius 2 is 2.25 bits per heavy atom. The fraction of sp³-hybridized carbons (Fsp3) is 0.357. The molecule has 0 saturated carbocycles. The van der Waals surface area contributed by atoms with Crippen LogP contribution in [0, 0.1) is 12.7 Å². The Morgan fingerprint density at radius 3 is 2.95 bits per heavy atom. The maximum atomic E-state index is 13.4. The number of halogens is 1. The van der Waals surface area contributed by atoms with Crippen LogP contribution in [0.3, 0.4) is 0 Å². The van der Waals surface area contributed by atoms with E-state index in [2.05, 4.69) is 15.4 Å². The van der Waals surface area contributed by atoms with Gasteiger partial charge in [0.05, 0.1) is 11.7 Å². The number of H-pyrrole nitrogens is 1. The molecule has 0 radical (unpaired) electrons. The molecule has 3 rings (SSSR count). The molecule has 6 heteroatoms. The second-order valence-electron chi connectivity index (χ2n) is 5.03. The van der Waals surface area contributed by atoms with E-state index in [0.717, 1.165) is 17.5 Å². The number of carbonyl (C=O) groups is 1. The van der Waals surface area contributed by atoms with Gasteiger partial charge >= 0.3 is 0 Å². The van der Waals surface area contributed by atoms with Gasteiger partial charge in [-0.15, -0.1) is 0 Å². The molecule has 2 aromatic rings. The standard InChI is InChI=1S/C14H15FN4O/c1-8-13(17-18-16-8)14(20)19-6-5-10-3-4-11(15)7-12(10)9(19)2/h3-4,7,9H,5-6H2,1-2H3,(H,16,17,18)/t9-/m0/s1. The first-order valence-electron chi connectivity index (χ1n) is 6.54. The Hall–Kier alpha value is -2.24. The summed E-state index contributed by atoms with van der Waals surface area (Å²) in [7, 11) is 0. The van der Waals surface area contributed by atoms with Crippen LogP contribution in [0.2, 0.25) is 0 Å². The first kappa shape index (κ1) is 12.8. The van der Waals surface area contributed by atoms with Gasteiger partial charge in [0.2, 0.25) is 0 Å². The van der Waals surface area contributed by atoms with E-state index in [1.807, 2.05) is 6.92 Å². The molecule has 20 heavy (non-hydrogen) atoms. The van der Waals surface area contributed by atoms with E-state index in [4.69, 9.17) is 0 Å². The molecule has 1 N–H and O–H groups in total. The van der Waals surface area contributed by atoms with Crippen molar-refractivity contribution >= 4 is 5.91 Å². The maximum Gasteiger partial charge on any atom is 0.276 e. The van der Waals surface area contributed by atoms with Gasteiger partial charge in [-0.05, 0) is 43.5 Å². The van der Waals surface area contributed by atoms with E-state index in [1.165, 1.54) is 12.1 Å². The number of aromatic amines is 1. The van der Waals surface area contributed by atoms with Gasteiger partial charge < -0.3 is 4.90 Å². The number of amides is 1. The molecule has 2 heterocycles. The third-order valence-electron chi connectivity index (χ3n) is 3.83. The van der Waals surface area contributed by atoms with Crippen LogP contribution in [0.1, 0.15) is 40.3 Å². The van der Waals surface area contributed by atoms with E-state index < -0.39 is 0 Å². The van der Waals surface area contributed by atoms with Crippen molar-refractivity contribution < 1.29 is 9.18 Å². The van der Waals surface area contributed by atoms with Gasteiger partial charge in [-0.2, -0.15) is 15.4 Å². The number of nitrogens with zero attached hydrogens (tertiary/aromatic N) is 3. The molecule has 5 nitrogen and oxygen atoms in total. The molecule has 1 atom stereocenters. The van der Waals surface area contributed by atoms with Crippen LogP contribution in [0.15, 0.2) is 18.2 Å². The minimum atomic E-state index is -0.275. The van der Waals surface area contributed by atoms with Gasteiger partial charge in [0.1, 0.15) is 5.82 Å². The van der Waals surface area contributed by atoms with Crippen LogP contribution >= 0.6 is 0 Å². The van der Waals surface area contributed by atoms with Crippen LogP contribution in [0.4, 0.5) is 4.39 Å². The maximum absolute atomic E-state index is 13.4. The second-order valence-corrected chi connectivity index (χ2v) is 5.03. The van der Waals surface area contributed by atoms with E-state index >= 15 is 0 Å². The van der Waals surface area contributed by atoms with Crippen molar-refractivity contribution in [2.24, 2.45) is 0 Å². The zero-order valence-electron chi connectivity index (χ0n) is 11.4. The van der Waals surface area contributed by atoms with Crippen molar-refractivity contribution in [3.8, 4) is 0 Å². The summed E-state index contributed by atoms with van der Waals surface area (Å²) >= 11 is 0. The molecule has 1 aliphatic heterocycles. The van der Waals surface area contributed by atoms with E-state index in [0.29, 0.717) is 17.9 Å². The monoisotopic (exact) mass is 274 g/mol. The highest BCUT2D eigenvalue weighted by Gasteiger charge is 2.30. The van der Waals surface area contributed by atoms with E-state index in [1.54, 1.807) is 17.9 Å². The smallest absolute Gasteiger partial charge is 0.276 e. The number of fused-ring (bicyclic) bond motifs is 1. The normalized spacial score (nSPS) is 17.9. The SMILES string of the molecule is Cc1n[nH]nc1C(=O)N1CCc2ccc(F)cc2[C@@H]1C. The van der Waals surface area contributed by atoms with Gasteiger partial charge in [0.15, 0.2) is 5.69 Å². The highest BCUT2D eigenvalue weighted by Crippen LogP contribution is 2.30. The third-order valence-corrected chi connectivity index (χ3v) is 3.83. The van der Waals surface area contributed by atoms with Crippen LogP contribution < -0.4 is 0 Å². The Kier molecular flexibility index (Phi) is 3.00. The Morgan fingerprint density at radius 1 is 1.45 bits per heavy atom. The van der Waals surface area contributed by atoms with Crippen LogP contribution in [0.5, 0.6) is 0 Å². The van der Waals surface area contributed by atoms with Gasteiger partial charge in [0.25, 0.3) is 5.91 Å². The van der Waals surface area contributed by atoms with Crippen LogP contribution in [-0.4, -0.2) is 32.8 Å². The predicted molar refractivity (Wildman–Crippen MR) is 70.7 cm³/mol.